The van der Waals surface area contributed by atoms with Gasteiger partial charge in [-0.05, 0) is 51.9 Å². The minimum absolute atomic E-state index is 0.198. The third-order valence-electron chi connectivity index (χ3n) is 11.7. The standard InChI is InChI=1S/C49H31N5/c50-47(30-16-4-1-5-17-30)51-48(31-18-6-2-7-19-31)52-54-40-29-15-25-36-41-35-23-11-13-28-39(35)53(32-20-8-3-9-21-32)46(41)43-37-26-14-24-34-33-22-10-12-27-38(33)49(54,44(34)37)45(43)42(36)40/h1-29H,(H2,50,51,52). The van der Waals surface area contributed by atoms with Gasteiger partial charge in [0.2, 0.25) is 0 Å². The first-order valence-corrected chi connectivity index (χ1v) is 18.4. The Balaban J connectivity index is 1.23. The molecule has 12 rings (SSSR count). The van der Waals surface area contributed by atoms with E-state index >= 15 is 0 Å². The molecule has 2 N–H and O–H groups in total. The quantitative estimate of drug-likeness (QED) is 0.143. The van der Waals surface area contributed by atoms with E-state index in [0.29, 0.717) is 5.84 Å². The molecular formula is C49H31N5. The van der Waals surface area contributed by atoms with Gasteiger partial charge < -0.3 is 4.57 Å². The molecule has 252 valence electrons. The van der Waals surface area contributed by atoms with Crippen molar-refractivity contribution >= 4 is 49.9 Å². The fourth-order valence-electron chi connectivity index (χ4n) is 9.76. The number of amidine groups is 2. The van der Waals surface area contributed by atoms with Crippen molar-refractivity contribution < 1.29 is 0 Å². The van der Waals surface area contributed by atoms with E-state index in [9.17, 15) is 5.41 Å². The van der Waals surface area contributed by atoms with Crippen LogP contribution in [0, 0.1) is 5.41 Å². The lowest BCUT2D eigenvalue weighted by molar-refractivity contribution is 0.579. The summed E-state index contributed by atoms with van der Waals surface area (Å²) in [4.78, 5) is 5.07. The van der Waals surface area contributed by atoms with Crippen LogP contribution in [-0.4, -0.2) is 16.2 Å². The molecule has 1 unspecified atom stereocenters. The molecule has 5 heteroatoms. The van der Waals surface area contributed by atoms with Gasteiger partial charge in [0.25, 0.3) is 0 Å². The summed E-state index contributed by atoms with van der Waals surface area (Å²) in [7, 11) is 0. The Kier molecular flexibility index (Phi) is 5.79. The number of hydrogen-bond donors (Lipinski definition) is 2. The van der Waals surface area contributed by atoms with Gasteiger partial charge in [-0.2, -0.15) is 0 Å². The van der Waals surface area contributed by atoms with Crippen LogP contribution >= 0.6 is 0 Å². The monoisotopic (exact) mass is 689 g/mol. The molecule has 0 amide bonds. The van der Waals surface area contributed by atoms with Gasteiger partial charge in [0.15, 0.2) is 11.7 Å². The zero-order valence-corrected chi connectivity index (χ0v) is 29.1. The minimum atomic E-state index is -0.698. The van der Waals surface area contributed by atoms with Crippen LogP contribution in [0.4, 0.5) is 5.69 Å². The highest BCUT2D eigenvalue weighted by Gasteiger charge is 2.61. The lowest BCUT2D eigenvalue weighted by Gasteiger charge is -2.39. The summed E-state index contributed by atoms with van der Waals surface area (Å²) in [5.74, 6) is 0.813. The first kappa shape index (κ1) is 29.3. The van der Waals surface area contributed by atoms with Crippen LogP contribution in [0.15, 0.2) is 181 Å². The predicted octanol–water partition coefficient (Wildman–Crippen LogP) is 11.0. The Bertz CT molecular complexity index is 3090. The number of anilines is 1. The molecule has 0 bridgehead atoms. The molecule has 1 spiro atoms. The number of hydrazine groups is 1. The maximum Gasteiger partial charge on any atom is 0.154 e. The van der Waals surface area contributed by atoms with Gasteiger partial charge in [-0.1, -0.05) is 152 Å². The second-order valence-corrected chi connectivity index (χ2v) is 14.3. The second-order valence-electron chi connectivity index (χ2n) is 14.3. The maximum atomic E-state index is 9.18. The van der Waals surface area contributed by atoms with Crippen molar-refractivity contribution in [2.75, 3.05) is 5.01 Å². The molecule has 0 saturated heterocycles. The summed E-state index contributed by atoms with van der Waals surface area (Å²) in [5, 5.41) is 16.5. The molecular weight excluding hydrogens is 659 g/mol. The molecule has 0 saturated carbocycles. The van der Waals surface area contributed by atoms with Gasteiger partial charge in [-0.3, -0.25) is 15.8 Å². The zero-order valence-electron chi connectivity index (χ0n) is 29.1. The molecule has 2 heterocycles. The average molecular weight is 690 g/mol. The van der Waals surface area contributed by atoms with E-state index in [1.165, 1.54) is 71.5 Å². The summed E-state index contributed by atoms with van der Waals surface area (Å²) < 4.78 is 2.48. The van der Waals surface area contributed by atoms with Gasteiger partial charge in [-0.25, -0.2) is 4.99 Å². The molecule has 8 aromatic carbocycles. The highest BCUT2D eigenvalue weighted by molar-refractivity contribution is 6.31. The van der Waals surface area contributed by atoms with Gasteiger partial charge in [0.1, 0.15) is 5.54 Å². The normalized spacial score (nSPS) is 16.0. The van der Waals surface area contributed by atoms with E-state index in [2.05, 4.69) is 142 Å². The number of aliphatic imine (C=N–C) groups is 1. The third kappa shape index (κ3) is 3.58. The number of rotatable bonds is 4. The number of fused-ring (bicyclic) bond motifs is 8. The second kappa shape index (κ2) is 10.7. The Hall–Kier alpha value is -7.24. The average Bonchev–Trinajstić information content (AvgIpc) is 3.93. The number of nitrogens with one attached hydrogen (secondary N) is 2. The Labute approximate surface area is 311 Å². The molecule has 0 radical (unpaired) electrons. The van der Waals surface area contributed by atoms with Gasteiger partial charge in [-0.15, -0.1) is 0 Å². The number of para-hydroxylation sites is 2. The predicted molar refractivity (Wildman–Crippen MR) is 221 cm³/mol. The van der Waals surface area contributed by atoms with Crippen LogP contribution in [0.1, 0.15) is 27.8 Å². The zero-order chi connectivity index (χ0) is 35.5. The number of nitrogens with zero attached hydrogens (tertiary/aromatic N) is 3. The molecule has 0 fully saturated rings. The largest absolute Gasteiger partial charge is 0.309 e. The Morgan fingerprint density at radius 2 is 1.17 bits per heavy atom. The van der Waals surface area contributed by atoms with Crippen LogP contribution in [0.25, 0.3) is 60.5 Å². The van der Waals surface area contributed by atoms with Crippen molar-refractivity contribution in [1.29, 1.82) is 5.41 Å². The highest BCUT2D eigenvalue weighted by atomic mass is 15.6. The molecule has 9 aromatic rings. The summed E-state index contributed by atoms with van der Waals surface area (Å²) in [6.07, 6.45) is 0. The van der Waals surface area contributed by atoms with Crippen LogP contribution < -0.4 is 10.4 Å². The van der Waals surface area contributed by atoms with Crippen LogP contribution in [-0.2, 0) is 5.54 Å². The SMILES string of the molecule is N=C(N=C(NN1c2cccc3c2c2c(c4c3c3ccccc3n4-c3ccccc3)-c3cccc4c3C21c1ccccc1-4)c1ccccc1)c1ccccc1. The van der Waals surface area contributed by atoms with Crippen molar-refractivity contribution in [3.8, 4) is 27.9 Å². The van der Waals surface area contributed by atoms with E-state index in [-0.39, 0.29) is 5.84 Å². The maximum absolute atomic E-state index is 9.18. The van der Waals surface area contributed by atoms with E-state index in [1.807, 2.05) is 48.5 Å². The smallest absolute Gasteiger partial charge is 0.154 e. The topological polar surface area (TPSA) is 56.4 Å². The molecule has 5 nitrogen and oxygen atoms in total. The summed E-state index contributed by atoms with van der Waals surface area (Å²) in [5.41, 5.74) is 18.4. The molecule has 3 aliphatic rings. The summed E-state index contributed by atoms with van der Waals surface area (Å²) >= 11 is 0. The lowest BCUT2D eigenvalue weighted by Crippen LogP contribution is -2.53. The van der Waals surface area contributed by atoms with Crippen molar-refractivity contribution in [2.45, 2.75) is 5.54 Å². The first-order valence-electron chi connectivity index (χ1n) is 18.4. The van der Waals surface area contributed by atoms with Crippen LogP contribution in [0.5, 0.6) is 0 Å². The third-order valence-corrected chi connectivity index (χ3v) is 11.7. The molecule has 1 atom stereocenters. The lowest BCUT2D eigenvalue weighted by atomic mass is 9.84. The molecule has 54 heavy (non-hydrogen) atoms. The van der Waals surface area contributed by atoms with E-state index < -0.39 is 5.54 Å². The first-order chi connectivity index (χ1) is 26.7. The van der Waals surface area contributed by atoms with E-state index in [1.54, 1.807) is 0 Å². The van der Waals surface area contributed by atoms with Crippen LogP contribution in [0.2, 0.25) is 0 Å². The van der Waals surface area contributed by atoms with Gasteiger partial charge >= 0.3 is 0 Å². The van der Waals surface area contributed by atoms with Gasteiger partial charge in [0.05, 0.1) is 16.7 Å². The molecule has 2 aliphatic carbocycles. The summed E-state index contributed by atoms with van der Waals surface area (Å²) in [6, 6.07) is 62.1. The highest BCUT2D eigenvalue weighted by Crippen LogP contribution is 2.70. The summed E-state index contributed by atoms with van der Waals surface area (Å²) in [6.45, 7) is 0. The fraction of sp³-hybridized carbons (Fsp3) is 0.0204. The van der Waals surface area contributed by atoms with Crippen molar-refractivity contribution in [3.05, 3.63) is 204 Å². The van der Waals surface area contributed by atoms with E-state index in [0.717, 1.165) is 22.5 Å². The van der Waals surface area contributed by atoms with E-state index in [4.69, 9.17) is 4.99 Å². The number of hydrogen-bond acceptors (Lipinski definition) is 2. The Morgan fingerprint density at radius 3 is 1.98 bits per heavy atom. The van der Waals surface area contributed by atoms with Crippen molar-refractivity contribution in [3.63, 3.8) is 0 Å². The van der Waals surface area contributed by atoms with Crippen molar-refractivity contribution in [2.24, 2.45) is 4.99 Å². The molecule has 1 aliphatic heterocycles. The minimum Gasteiger partial charge on any atom is -0.309 e. The number of aromatic nitrogens is 1. The van der Waals surface area contributed by atoms with Crippen LogP contribution in [0.3, 0.4) is 0 Å². The number of benzene rings is 8. The van der Waals surface area contributed by atoms with Gasteiger partial charge in [0, 0.05) is 49.7 Å². The van der Waals surface area contributed by atoms with Crippen molar-refractivity contribution in [1.82, 2.24) is 9.99 Å². The molecule has 1 aromatic heterocycles. The Morgan fingerprint density at radius 1 is 0.537 bits per heavy atom. The fourth-order valence-corrected chi connectivity index (χ4v) is 9.76.